The van der Waals surface area contributed by atoms with Crippen molar-refractivity contribution in [3.8, 4) is 0 Å². The molecule has 0 aliphatic rings. The smallest absolute Gasteiger partial charge is 0.151 e. The Morgan fingerprint density at radius 1 is 0.636 bits per heavy atom. The van der Waals surface area contributed by atoms with Gasteiger partial charge in [0.25, 0.3) is 0 Å². The van der Waals surface area contributed by atoms with E-state index in [1.54, 1.807) is 0 Å². The van der Waals surface area contributed by atoms with Crippen LogP contribution in [-0.4, -0.2) is 29.7 Å². The zero-order valence-electron chi connectivity index (χ0n) is 10.9. The topological polar surface area (TPSA) is 60.4 Å². The van der Waals surface area contributed by atoms with E-state index in [0.717, 1.165) is 40.2 Å². The summed E-state index contributed by atoms with van der Waals surface area (Å²) in [5.41, 5.74) is 3.98. The lowest BCUT2D eigenvalue weighted by Crippen LogP contribution is -1.97. The van der Waals surface area contributed by atoms with Gasteiger partial charge in [0.1, 0.15) is 22.1 Å². The maximum absolute atomic E-state index is 4.31. The van der Waals surface area contributed by atoms with Crippen LogP contribution in [0.25, 0.3) is 32.8 Å². The highest BCUT2D eigenvalue weighted by Crippen LogP contribution is 2.28. The summed E-state index contributed by atoms with van der Waals surface area (Å²) in [7, 11) is 0. The molecule has 1 aromatic carbocycles. The summed E-state index contributed by atoms with van der Waals surface area (Å²) in [4.78, 5) is 0. The van der Waals surface area contributed by atoms with Crippen molar-refractivity contribution in [2.24, 2.45) is 0 Å². The lowest BCUT2D eigenvalue weighted by atomic mass is 10.1. The van der Waals surface area contributed by atoms with Crippen molar-refractivity contribution in [3.05, 3.63) is 43.8 Å². The summed E-state index contributed by atoms with van der Waals surface area (Å²) in [6.07, 6.45) is 0. The molecule has 0 spiro atoms. The first-order valence-corrected chi connectivity index (χ1v) is 8.66. The number of pyridine rings is 2. The molecule has 0 unspecified atom stereocenters. The molecule has 0 N–H and O–H groups in total. The molecule has 5 aromatic rings. The van der Waals surface area contributed by atoms with Crippen molar-refractivity contribution >= 4 is 78.0 Å². The van der Waals surface area contributed by atoms with Crippen molar-refractivity contribution in [2.75, 3.05) is 0 Å². The molecule has 0 amide bonds. The predicted octanol–water partition coefficient (Wildman–Crippen LogP) is 3.29. The minimum Gasteiger partial charge on any atom is -0.209 e. The summed E-state index contributed by atoms with van der Waals surface area (Å²) in [5.74, 6) is 0. The molecule has 0 bridgehead atoms. The molecule has 0 saturated carbocycles. The lowest BCUT2D eigenvalue weighted by molar-refractivity contribution is 0.862. The Kier molecular flexibility index (Phi) is 2.63. The zero-order valence-corrected chi connectivity index (χ0v) is 15.2. The van der Waals surface area contributed by atoms with Gasteiger partial charge in [0, 0.05) is 10.8 Å². The van der Waals surface area contributed by atoms with Gasteiger partial charge in [-0.2, -0.15) is 0 Å². The maximum atomic E-state index is 4.31. The molecule has 4 heterocycles. The molecule has 0 saturated heterocycles. The second-order valence-corrected chi connectivity index (χ2v) is 7.01. The SMILES string of the molecule is Ic1nnn2c1ccc1ccc3ccc4c(I)nnn4c3c12. The van der Waals surface area contributed by atoms with Crippen LogP contribution in [0.15, 0.2) is 36.4 Å². The summed E-state index contributed by atoms with van der Waals surface area (Å²) in [6.45, 7) is 0. The average Bonchev–Trinajstić information content (AvgIpc) is 3.10. The Labute approximate surface area is 150 Å². The van der Waals surface area contributed by atoms with Gasteiger partial charge in [-0.1, -0.05) is 34.7 Å². The monoisotopic (exact) mass is 512 g/mol. The van der Waals surface area contributed by atoms with Crippen LogP contribution in [0, 0.1) is 7.40 Å². The largest absolute Gasteiger partial charge is 0.209 e. The Balaban J connectivity index is 2.18. The molecule has 6 nitrogen and oxygen atoms in total. The molecule has 0 aliphatic carbocycles. The number of benzene rings is 1. The van der Waals surface area contributed by atoms with Crippen LogP contribution < -0.4 is 0 Å². The maximum Gasteiger partial charge on any atom is 0.151 e. The molecule has 0 radical (unpaired) electrons. The van der Waals surface area contributed by atoms with Gasteiger partial charge in [-0.05, 0) is 57.3 Å². The van der Waals surface area contributed by atoms with Gasteiger partial charge < -0.3 is 0 Å². The van der Waals surface area contributed by atoms with E-state index in [1.165, 1.54) is 0 Å². The Hall–Kier alpha value is -1.56. The standard InChI is InChI=1S/C14H6I2N6/c15-13-9-5-3-7-1-2-8-4-6-10-14(16)18-20-22(10)12(8)11(7)21(9)19-17-13/h1-6H. The number of fused-ring (bicyclic) bond motifs is 7. The normalized spacial score (nSPS) is 12.1. The zero-order chi connectivity index (χ0) is 14.8. The number of nitrogens with zero attached hydrogens (tertiary/aromatic N) is 6. The number of halogens is 2. The second-order valence-electron chi connectivity index (χ2n) is 4.96. The average molecular weight is 512 g/mol. The van der Waals surface area contributed by atoms with Gasteiger partial charge in [-0.25, -0.2) is 9.03 Å². The highest BCUT2D eigenvalue weighted by Gasteiger charge is 2.14. The van der Waals surface area contributed by atoms with Crippen molar-refractivity contribution < 1.29 is 0 Å². The fourth-order valence-electron chi connectivity index (χ4n) is 2.81. The third-order valence-electron chi connectivity index (χ3n) is 3.80. The van der Waals surface area contributed by atoms with Crippen LogP contribution in [0.2, 0.25) is 0 Å². The molecule has 0 fully saturated rings. The molecule has 0 aliphatic heterocycles. The summed E-state index contributed by atoms with van der Waals surface area (Å²) in [5, 5.41) is 19.2. The number of hydrogen-bond acceptors (Lipinski definition) is 4. The van der Waals surface area contributed by atoms with Crippen molar-refractivity contribution in [3.63, 3.8) is 0 Å². The summed E-state index contributed by atoms with van der Waals surface area (Å²) in [6, 6.07) is 12.5. The Morgan fingerprint density at radius 3 is 1.50 bits per heavy atom. The predicted molar refractivity (Wildman–Crippen MR) is 100.0 cm³/mol. The van der Waals surface area contributed by atoms with Gasteiger partial charge in [0.2, 0.25) is 0 Å². The van der Waals surface area contributed by atoms with Gasteiger partial charge >= 0.3 is 0 Å². The van der Waals surface area contributed by atoms with Crippen LogP contribution in [0.3, 0.4) is 0 Å². The number of rotatable bonds is 0. The molecular formula is C14H6I2N6. The number of hydrogen-bond donors (Lipinski definition) is 0. The fraction of sp³-hybridized carbons (Fsp3) is 0. The summed E-state index contributed by atoms with van der Waals surface area (Å²) >= 11 is 4.40. The first-order chi connectivity index (χ1) is 10.7. The van der Waals surface area contributed by atoms with E-state index in [4.69, 9.17) is 0 Å². The van der Waals surface area contributed by atoms with Crippen molar-refractivity contribution in [1.29, 1.82) is 0 Å². The minimum atomic E-state index is 0.886. The Bertz CT molecular complexity index is 1110. The van der Waals surface area contributed by atoms with Gasteiger partial charge in [0.15, 0.2) is 7.40 Å². The number of aromatic nitrogens is 6. The van der Waals surface area contributed by atoms with E-state index >= 15 is 0 Å². The lowest BCUT2D eigenvalue weighted by Gasteiger charge is -2.07. The highest BCUT2D eigenvalue weighted by molar-refractivity contribution is 14.1. The quantitative estimate of drug-likeness (QED) is 0.236. The van der Waals surface area contributed by atoms with Crippen LogP contribution >= 0.6 is 45.2 Å². The molecule has 106 valence electrons. The van der Waals surface area contributed by atoms with E-state index in [-0.39, 0.29) is 0 Å². The second kappa shape index (κ2) is 4.47. The Morgan fingerprint density at radius 2 is 1.05 bits per heavy atom. The van der Waals surface area contributed by atoms with E-state index in [9.17, 15) is 0 Å². The molecule has 4 aromatic heterocycles. The fourth-order valence-corrected chi connectivity index (χ4v) is 3.82. The van der Waals surface area contributed by atoms with Crippen molar-refractivity contribution in [1.82, 2.24) is 29.7 Å². The first kappa shape index (κ1) is 12.9. The first-order valence-electron chi connectivity index (χ1n) is 6.50. The van der Waals surface area contributed by atoms with E-state index in [2.05, 4.69) is 90.1 Å². The van der Waals surface area contributed by atoms with E-state index < -0.39 is 0 Å². The van der Waals surface area contributed by atoms with Crippen molar-refractivity contribution in [2.45, 2.75) is 0 Å². The highest BCUT2D eigenvalue weighted by atomic mass is 127. The van der Waals surface area contributed by atoms with Gasteiger partial charge in [0.05, 0.1) is 0 Å². The third kappa shape index (κ3) is 1.59. The molecule has 8 heteroatoms. The molecule has 5 rings (SSSR count). The molecular weight excluding hydrogens is 506 g/mol. The minimum absolute atomic E-state index is 0.886. The van der Waals surface area contributed by atoms with Gasteiger partial charge in [-0.15, -0.1) is 10.2 Å². The third-order valence-corrected chi connectivity index (χ3v) is 5.34. The van der Waals surface area contributed by atoms with Crippen LogP contribution in [0.4, 0.5) is 0 Å². The van der Waals surface area contributed by atoms with E-state index in [0.29, 0.717) is 0 Å². The van der Waals surface area contributed by atoms with Crippen LogP contribution in [-0.2, 0) is 0 Å². The molecule has 22 heavy (non-hydrogen) atoms. The van der Waals surface area contributed by atoms with E-state index in [1.807, 2.05) is 21.2 Å². The van der Waals surface area contributed by atoms with Gasteiger partial charge in [-0.3, -0.25) is 0 Å². The molecule has 0 atom stereocenters. The van der Waals surface area contributed by atoms with Crippen LogP contribution in [0.1, 0.15) is 0 Å². The van der Waals surface area contributed by atoms with Crippen LogP contribution in [0.5, 0.6) is 0 Å². The summed E-state index contributed by atoms with van der Waals surface area (Å²) < 4.78 is 5.54.